The molecule has 0 aliphatic carbocycles. The number of amides is 1. The molecule has 0 aromatic heterocycles. The average Bonchev–Trinajstić information content (AvgIpc) is 3.00. The maximum atomic E-state index is 12.5. The zero-order chi connectivity index (χ0) is 22.6. The number of fused-ring (bicyclic) bond motifs is 2. The van der Waals surface area contributed by atoms with Crippen LogP contribution in [0.5, 0.6) is 17.2 Å². The van der Waals surface area contributed by atoms with E-state index in [0.717, 1.165) is 11.4 Å². The van der Waals surface area contributed by atoms with Crippen molar-refractivity contribution in [3.63, 3.8) is 0 Å². The number of nitrogens with zero attached hydrogens (tertiary/aromatic N) is 2. The van der Waals surface area contributed by atoms with Crippen molar-refractivity contribution in [1.82, 2.24) is 4.90 Å². The number of carbonyl (C=O) groups excluding carboxylic acids is 1. The monoisotopic (exact) mass is 463 g/mol. The molecule has 8 heteroatoms. The number of amidine groups is 1. The summed E-state index contributed by atoms with van der Waals surface area (Å²) in [5.41, 5.74) is 2.07. The van der Waals surface area contributed by atoms with Gasteiger partial charge in [0, 0.05) is 23.8 Å². The highest BCUT2D eigenvalue weighted by atomic mass is 35.5. The molecule has 0 saturated carbocycles. The van der Waals surface area contributed by atoms with E-state index < -0.39 is 0 Å². The Morgan fingerprint density at radius 2 is 1.82 bits per heavy atom. The van der Waals surface area contributed by atoms with E-state index >= 15 is 0 Å². The van der Waals surface area contributed by atoms with Crippen molar-refractivity contribution in [1.29, 1.82) is 0 Å². The van der Waals surface area contributed by atoms with E-state index in [-0.39, 0.29) is 12.5 Å². The van der Waals surface area contributed by atoms with Crippen LogP contribution in [0.15, 0.2) is 71.7 Å². The van der Waals surface area contributed by atoms with Gasteiger partial charge in [0.15, 0.2) is 12.4 Å². The molecule has 0 unspecified atom stereocenters. The van der Waals surface area contributed by atoms with Gasteiger partial charge in [-0.05, 0) is 48.5 Å². The van der Waals surface area contributed by atoms with E-state index in [2.05, 4.69) is 10.2 Å². The van der Waals surface area contributed by atoms with Crippen molar-refractivity contribution in [3.05, 3.63) is 77.3 Å². The highest BCUT2D eigenvalue weighted by Crippen LogP contribution is 2.40. The van der Waals surface area contributed by atoms with Gasteiger partial charge in [-0.15, -0.1) is 0 Å². The number of carbonyl (C=O) groups is 1. The van der Waals surface area contributed by atoms with Crippen LogP contribution in [0.1, 0.15) is 5.56 Å². The van der Waals surface area contributed by atoms with E-state index in [9.17, 15) is 4.79 Å². The zero-order valence-electron chi connectivity index (χ0n) is 17.8. The van der Waals surface area contributed by atoms with Crippen molar-refractivity contribution in [2.24, 2.45) is 4.99 Å². The normalized spacial score (nSPS) is 14.8. The molecule has 0 atom stereocenters. The second kappa shape index (κ2) is 9.52. The number of ether oxygens (including phenoxy) is 3. The second-order valence-corrected chi connectivity index (χ2v) is 8.05. The molecule has 2 heterocycles. The number of nitrogens with one attached hydrogen (secondary N) is 1. The van der Waals surface area contributed by atoms with E-state index in [1.54, 1.807) is 18.2 Å². The molecule has 1 N–H and O–H groups in total. The summed E-state index contributed by atoms with van der Waals surface area (Å²) < 4.78 is 17.2. The van der Waals surface area contributed by atoms with Crippen molar-refractivity contribution < 1.29 is 19.0 Å². The van der Waals surface area contributed by atoms with Crippen LogP contribution in [0.4, 0.5) is 11.4 Å². The van der Waals surface area contributed by atoms with Crippen LogP contribution in [0.25, 0.3) is 0 Å². The first-order chi connectivity index (χ1) is 16.2. The summed E-state index contributed by atoms with van der Waals surface area (Å²) in [6.07, 6.45) is 0. The molecule has 1 amide bonds. The third-order valence-electron chi connectivity index (χ3n) is 5.30. The Morgan fingerprint density at radius 3 is 2.64 bits per heavy atom. The SMILES string of the molecule is O=C(COc1ccccc1)Nc1ccc2c(c1)C(N1CCOCC1)=Nc1cc(Cl)ccc1O2. The molecule has 5 rings (SSSR count). The van der Waals surface area contributed by atoms with E-state index in [1.165, 1.54) is 0 Å². The zero-order valence-corrected chi connectivity index (χ0v) is 18.5. The number of hydrogen-bond acceptors (Lipinski definition) is 6. The van der Waals surface area contributed by atoms with Crippen molar-refractivity contribution >= 4 is 34.7 Å². The molecule has 7 nitrogen and oxygen atoms in total. The van der Waals surface area contributed by atoms with Crippen molar-refractivity contribution in [3.8, 4) is 17.2 Å². The lowest BCUT2D eigenvalue weighted by molar-refractivity contribution is -0.118. The molecule has 2 aliphatic rings. The molecule has 3 aromatic rings. The van der Waals surface area contributed by atoms with Gasteiger partial charge >= 0.3 is 0 Å². The summed E-state index contributed by atoms with van der Waals surface area (Å²) in [5, 5.41) is 3.48. The number of rotatable bonds is 4. The number of para-hydroxylation sites is 1. The summed E-state index contributed by atoms with van der Waals surface area (Å²) in [5.74, 6) is 2.41. The molecule has 3 aromatic carbocycles. The van der Waals surface area contributed by atoms with Crippen molar-refractivity contribution in [2.45, 2.75) is 0 Å². The second-order valence-electron chi connectivity index (χ2n) is 7.61. The molecule has 2 aliphatic heterocycles. The van der Waals surface area contributed by atoms with Gasteiger partial charge in [-0.25, -0.2) is 4.99 Å². The highest BCUT2D eigenvalue weighted by Gasteiger charge is 2.25. The number of aliphatic imine (C=N–C) groups is 1. The molecule has 0 radical (unpaired) electrons. The molecule has 168 valence electrons. The van der Waals surface area contributed by atoms with E-state index in [1.807, 2.05) is 48.5 Å². The predicted octanol–water partition coefficient (Wildman–Crippen LogP) is 4.87. The lowest BCUT2D eigenvalue weighted by Crippen LogP contribution is -2.41. The van der Waals surface area contributed by atoms with Crippen LogP contribution < -0.4 is 14.8 Å². The molecule has 1 saturated heterocycles. The third-order valence-corrected chi connectivity index (χ3v) is 5.53. The smallest absolute Gasteiger partial charge is 0.262 e. The maximum absolute atomic E-state index is 12.5. The van der Waals surface area contributed by atoms with Crippen LogP contribution >= 0.6 is 11.6 Å². The number of hydrogen-bond donors (Lipinski definition) is 1. The van der Waals surface area contributed by atoms with Crippen LogP contribution in [0.2, 0.25) is 5.02 Å². The highest BCUT2D eigenvalue weighted by molar-refractivity contribution is 6.31. The lowest BCUT2D eigenvalue weighted by Gasteiger charge is -2.30. The Labute approximate surface area is 196 Å². The number of morpholine rings is 1. The summed E-state index contributed by atoms with van der Waals surface area (Å²) >= 11 is 6.21. The minimum Gasteiger partial charge on any atom is -0.484 e. The van der Waals surface area contributed by atoms with Gasteiger partial charge in [-0.1, -0.05) is 29.8 Å². The topological polar surface area (TPSA) is 72.4 Å². The number of anilines is 1. The fourth-order valence-corrected chi connectivity index (χ4v) is 3.87. The summed E-state index contributed by atoms with van der Waals surface area (Å²) in [4.78, 5) is 19.5. The Balaban J connectivity index is 1.42. The van der Waals surface area contributed by atoms with Gasteiger partial charge in [0.05, 0.1) is 18.8 Å². The molecule has 33 heavy (non-hydrogen) atoms. The molecule has 0 spiro atoms. The van der Waals surface area contributed by atoms with Crippen LogP contribution in [0, 0.1) is 0 Å². The molecular weight excluding hydrogens is 442 g/mol. The average molecular weight is 464 g/mol. The third kappa shape index (κ3) is 4.94. The minimum atomic E-state index is -0.256. The van der Waals surface area contributed by atoms with Crippen LogP contribution in [0.3, 0.4) is 0 Å². The van der Waals surface area contributed by atoms with E-state index in [0.29, 0.717) is 59.9 Å². The van der Waals surface area contributed by atoms with Gasteiger partial charge < -0.3 is 24.4 Å². The maximum Gasteiger partial charge on any atom is 0.262 e. The minimum absolute atomic E-state index is 0.0913. The molecule has 1 fully saturated rings. The molecular formula is C25H22ClN3O4. The first-order valence-corrected chi connectivity index (χ1v) is 11.0. The van der Waals surface area contributed by atoms with Gasteiger partial charge in [-0.2, -0.15) is 0 Å². The Hall–Kier alpha value is -3.55. The first kappa shape index (κ1) is 21.3. The summed E-state index contributed by atoms with van der Waals surface area (Å²) in [7, 11) is 0. The summed E-state index contributed by atoms with van der Waals surface area (Å²) in [6, 6.07) is 20.1. The number of benzene rings is 3. The van der Waals surface area contributed by atoms with Crippen LogP contribution in [-0.2, 0) is 9.53 Å². The van der Waals surface area contributed by atoms with Crippen LogP contribution in [-0.4, -0.2) is 49.6 Å². The number of halogens is 1. The van der Waals surface area contributed by atoms with Gasteiger partial charge in [0.2, 0.25) is 0 Å². The summed E-state index contributed by atoms with van der Waals surface area (Å²) in [6.45, 7) is 2.55. The van der Waals surface area contributed by atoms with Crippen molar-refractivity contribution in [2.75, 3.05) is 38.2 Å². The fourth-order valence-electron chi connectivity index (χ4n) is 3.71. The quantitative estimate of drug-likeness (QED) is 0.597. The Bertz CT molecular complexity index is 1190. The van der Waals surface area contributed by atoms with Gasteiger partial charge in [-0.3, -0.25) is 4.79 Å². The molecule has 0 bridgehead atoms. The van der Waals surface area contributed by atoms with E-state index in [4.69, 9.17) is 30.8 Å². The predicted molar refractivity (Wildman–Crippen MR) is 127 cm³/mol. The fraction of sp³-hybridized carbons (Fsp3) is 0.200. The van der Waals surface area contributed by atoms with Gasteiger partial charge in [0.1, 0.15) is 23.0 Å². The first-order valence-electron chi connectivity index (χ1n) is 10.7. The van der Waals surface area contributed by atoms with Gasteiger partial charge in [0.25, 0.3) is 5.91 Å². The largest absolute Gasteiger partial charge is 0.484 e. The Morgan fingerprint density at radius 1 is 1.03 bits per heavy atom. The lowest BCUT2D eigenvalue weighted by atomic mass is 10.1. The Kier molecular flexibility index (Phi) is 6.15. The standard InChI is InChI=1S/C25H22ClN3O4/c26-17-6-8-23-21(14-17)28-25(29-10-12-31-13-11-29)20-15-18(7-9-22(20)33-23)27-24(30)16-32-19-4-2-1-3-5-19/h1-9,14-15H,10-13,16H2,(H,27,30).